The summed E-state index contributed by atoms with van der Waals surface area (Å²) >= 11 is 0. The number of aryl methyl sites for hydroxylation is 1. The molecule has 0 aromatic heterocycles. The highest BCUT2D eigenvalue weighted by Gasteiger charge is 2.32. The molecule has 1 unspecified atom stereocenters. The molecule has 0 N–H and O–H groups in total. The zero-order chi connectivity index (χ0) is 19.2. The molecule has 4 rings (SSSR count). The summed E-state index contributed by atoms with van der Waals surface area (Å²) in [7, 11) is -3.28. The minimum absolute atomic E-state index is 0.0274. The number of hydrogen-bond acceptors (Lipinski definition) is 3. The second kappa shape index (κ2) is 6.68. The van der Waals surface area contributed by atoms with Crippen LogP contribution in [0.3, 0.4) is 0 Å². The van der Waals surface area contributed by atoms with Crippen LogP contribution in [0.15, 0.2) is 42.5 Å². The Kier molecular flexibility index (Phi) is 4.46. The standard InChI is InChI=1S/C21H24N2O3S/c1-15-5-3-6-16(13-15)19-7-4-11-22(19)21(24)18-8-9-20-17(14-18)10-12-23(20)27(2,25)26/h3,5-6,8-9,13-14,19H,4,7,10-12H2,1-2H3. The summed E-state index contributed by atoms with van der Waals surface area (Å²) in [5.41, 5.74) is 4.65. The maximum absolute atomic E-state index is 13.2. The molecule has 0 spiro atoms. The van der Waals surface area contributed by atoms with Gasteiger partial charge in [0.05, 0.1) is 18.0 Å². The van der Waals surface area contributed by atoms with Crippen molar-refractivity contribution in [1.82, 2.24) is 4.90 Å². The summed E-state index contributed by atoms with van der Waals surface area (Å²) in [6.45, 7) is 3.27. The lowest BCUT2D eigenvalue weighted by Crippen LogP contribution is -2.30. The number of likely N-dealkylation sites (tertiary alicyclic amines) is 1. The van der Waals surface area contributed by atoms with Gasteiger partial charge in [-0.25, -0.2) is 8.42 Å². The maximum Gasteiger partial charge on any atom is 0.254 e. The highest BCUT2D eigenvalue weighted by molar-refractivity contribution is 7.92. The molecule has 1 amide bonds. The molecule has 0 saturated carbocycles. The van der Waals surface area contributed by atoms with Crippen LogP contribution in [0.5, 0.6) is 0 Å². The molecule has 2 aliphatic rings. The number of anilines is 1. The lowest BCUT2D eigenvalue weighted by molar-refractivity contribution is 0.0735. The molecular formula is C21H24N2O3S. The Morgan fingerprint density at radius 3 is 2.67 bits per heavy atom. The average molecular weight is 385 g/mol. The molecule has 6 heteroatoms. The third kappa shape index (κ3) is 3.34. The molecule has 2 aromatic carbocycles. The van der Waals surface area contributed by atoms with E-state index in [9.17, 15) is 13.2 Å². The topological polar surface area (TPSA) is 57.7 Å². The number of carbonyl (C=O) groups is 1. The number of carbonyl (C=O) groups excluding carboxylic acids is 1. The zero-order valence-electron chi connectivity index (χ0n) is 15.7. The molecular weight excluding hydrogens is 360 g/mol. The van der Waals surface area contributed by atoms with Gasteiger partial charge >= 0.3 is 0 Å². The van der Waals surface area contributed by atoms with Gasteiger partial charge in [-0.1, -0.05) is 29.8 Å². The van der Waals surface area contributed by atoms with Gasteiger partial charge in [-0.2, -0.15) is 0 Å². The largest absolute Gasteiger partial charge is 0.332 e. The molecule has 2 aliphatic heterocycles. The number of fused-ring (bicyclic) bond motifs is 1. The van der Waals surface area contributed by atoms with E-state index in [4.69, 9.17) is 0 Å². The number of nitrogens with zero attached hydrogens (tertiary/aromatic N) is 2. The van der Waals surface area contributed by atoms with E-state index in [2.05, 4.69) is 25.1 Å². The molecule has 1 fully saturated rings. The van der Waals surface area contributed by atoms with Crippen LogP contribution >= 0.6 is 0 Å². The second-order valence-electron chi connectivity index (χ2n) is 7.50. The Labute approximate surface area is 160 Å². The normalized spacial score (nSPS) is 19.4. The van der Waals surface area contributed by atoms with Gasteiger partial charge in [0.1, 0.15) is 0 Å². The van der Waals surface area contributed by atoms with Gasteiger partial charge < -0.3 is 4.90 Å². The molecule has 0 aliphatic carbocycles. The number of benzene rings is 2. The van der Waals surface area contributed by atoms with Crippen molar-refractivity contribution in [3.63, 3.8) is 0 Å². The van der Waals surface area contributed by atoms with Crippen molar-refractivity contribution in [3.8, 4) is 0 Å². The third-order valence-corrected chi connectivity index (χ3v) is 6.70. The fourth-order valence-corrected chi connectivity index (χ4v) is 5.21. The smallest absolute Gasteiger partial charge is 0.254 e. The Morgan fingerprint density at radius 1 is 1.11 bits per heavy atom. The van der Waals surface area contributed by atoms with Crippen LogP contribution in [0.1, 0.15) is 45.9 Å². The van der Waals surface area contributed by atoms with Crippen molar-refractivity contribution in [2.75, 3.05) is 23.7 Å². The van der Waals surface area contributed by atoms with Crippen LogP contribution in [0.4, 0.5) is 5.69 Å². The lowest BCUT2D eigenvalue weighted by atomic mass is 10.0. The first kappa shape index (κ1) is 18.0. The van der Waals surface area contributed by atoms with E-state index in [1.807, 2.05) is 17.0 Å². The van der Waals surface area contributed by atoms with Gasteiger partial charge in [-0.05, 0) is 55.5 Å². The van der Waals surface area contributed by atoms with Crippen molar-refractivity contribution in [3.05, 3.63) is 64.7 Å². The molecule has 0 radical (unpaired) electrons. The maximum atomic E-state index is 13.2. The quantitative estimate of drug-likeness (QED) is 0.816. The summed E-state index contributed by atoms with van der Waals surface area (Å²) in [5, 5.41) is 0. The van der Waals surface area contributed by atoms with E-state index in [1.54, 1.807) is 12.1 Å². The SMILES string of the molecule is Cc1cccc(C2CCCN2C(=O)c2ccc3c(c2)CCN3S(C)(=O)=O)c1. The lowest BCUT2D eigenvalue weighted by Gasteiger charge is -2.26. The summed E-state index contributed by atoms with van der Waals surface area (Å²) in [4.78, 5) is 15.1. The van der Waals surface area contributed by atoms with E-state index in [0.717, 1.165) is 24.9 Å². The monoisotopic (exact) mass is 384 g/mol. The van der Waals surface area contributed by atoms with Crippen LogP contribution in [0.25, 0.3) is 0 Å². The molecule has 1 saturated heterocycles. The first-order chi connectivity index (χ1) is 12.8. The Bertz CT molecular complexity index is 1000. The van der Waals surface area contributed by atoms with E-state index in [-0.39, 0.29) is 11.9 Å². The average Bonchev–Trinajstić information content (AvgIpc) is 3.27. The Hall–Kier alpha value is -2.34. The van der Waals surface area contributed by atoms with Gasteiger partial charge in [0.25, 0.3) is 5.91 Å². The molecule has 27 heavy (non-hydrogen) atoms. The molecule has 2 heterocycles. The number of rotatable bonds is 3. The molecule has 0 bridgehead atoms. The number of sulfonamides is 1. The molecule has 2 aromatic rings. The predicted molar refractivity (Wildman–Crippen MR) is 107 cm³/mol. The van der Waals surface area contributed by atoms with Gasteiger partial charge in [-0.15, -0.1) is 0 Å². The predicted octanol–water partition coefficient (Wildman–Crippen LogP) is 3.29. The molecule has 5 nitrogen and oxygen atoms in total. The zero-order valence-corrected chi connectivity index (χ0v) is 16.5. The minimum Gasteiger partial charge on any atom is -0.332 e. The van der Waals surface area contributed by atoms with Crippen molar-refractivity contribution in [1.29, 1.82) is 0 Å². The first-order valence-electron chi connectivity index (χ1n) is 9.33. The van der Waals surface area contributed by atoms with Gasteiger partial charge in [0.15, 0.2) is 0 Å². The van der Waals surface area contributed by atoms with Crippen molar-refractivity contribution >= 4 is 21.6 Å². The van der Waals surface area contributed by atoms with Gasteiger partial charge in [0, 0.05) is 18.7 Å². The number of hydrogen-bond donors (Lipinski definition) is 0. The van der Waals surface area contributed by atoms with Crippen LogP contribution < -0.4 is 4.31 Å². The van der Waals surface area contributed by atoms with Crippen molar-refractivity contribution in [2.24, 2.45) is 0 Å². The summed E-state index contributed by atoms with van der Waals surface area (Å²) < 4.78 is 25.2. The van der Waals surface area contributed by atoms with Crippen molar-refractivity contribution < 1.29 is 13.2 Å². The van der Waals surface area contributed by atoms with Crippen LogP contribution in [0, 0.1) is 6.92 Å². The van der Waals surface area contributed by atoms with Crippen LogP contribution in [-0.4, -0.2) is 38.6 Å². The fraction of sp³-hybridized carbons (Fsp3) is 0.381. The summed E-state index contributed by atoms with van der Waals surface area (Å²) in [6.07, 6.45) is 3.84. The van der Waals surface area contributed by atoms with E-state index >= 15 is 0 Å². The van der Waals surface area contributed by atoms with Gasteiger partial charge in [-0.3, -0.25) is 9.10 Å². The molecule has 142 valence electrons. The van der Waals surface area contributed by atoms with E-state index in [1.165, 1.54) is 21.7 Å². The third-order valence-electron chi connectivity index (χ3n) is 5.52. The summed E-state index contributed by atoms with van der Waals surface area (Å²) in [6, 6.07) is 13.9. The number of amides is 1. The summed E-state index contributed by atoms with van der Waals surface area (Å²) in [5.74, 6) is 0.0274. The second-order valence-corrected chi connectivity index (χ2v) is 9.41. The van der Waals surface area contributed by atoms with Gasteiger partial charge in [0.2, 0.25) is 10.0 Å². The Balaban J connectivity index is 1.62. The van der Waals surface area contributed by atoms with Crippen LogP contribution in [0.2, 0.25) is 0 Å². The van der Waals surface area contributed by atoms with E-state index < -0.39 is 10.0 Å². The minimum atomic E-state index is -3.28. The fourth-order valence-electron chi connectivity index (χ4n) is 4.25. The highest BCUT2D eigenvalue weighted by atomic mass is 32.2. The van der Waals surface area contributed by atoms with Crippen LogP contribution in [-0.2, 0) is 16.4 Å². The molecule has 1 atom stereocenters. The first-order valence-corrected chi connectivity index (χ1v) is 11.2. The van der Waals surface area contributed by atoms with E-state index in [0.29, 0.717) is 24.2 Å². The van der Waals surface area contributed by atoms with Crippen molar-refractivity contribution in [2.45, 2.75) is 32.2 Å². The highest BCUT2D eigenvalue weighted by Crippen LogP contribution is 2.35. The Morgan fingerprint density at radius 2 is 1.93 bits per heavy atom.